The fraction of sp³-hybridized carbons (Fsp3) is 0.318. The summed E-state index contributed by atoms with van der Waals surface area (Å²) < 4.78 is 5.97. The monoisotopic (exact) mass is 350 g/mol. The van der Waals surface area contributed by atoms with Gasteiger partial charge in [-0.15, -0.1) is 6.58 Å². The summed E-state index contributed by atoms with van der Waals surface area (Å²) in [4.78, 5) is 17.0. The summed E-state index contributed by atoms with van der Waals surface area (Å²) in [7, 11) is 0. The van der Waals surface area contributed by atoms with Gasteiger partial charge >= 0.3 is 0 Å². The number of ether oxygens (including phenoxy) is 1. The van der Waals surface area contributed by atoms with Crippen molar-refractivity contribution in [1.29, 1.82) is 0 Å². The first-order valence-electron chi connectivity index (χ1n) is 9.12. The summed E-state index contributed by atoms with van der Waals surface area (Å²) in [6.07, 6.45) is 2.30. The highest BCUT2D eigenvalue weighted by Gasteiger charge is 2.21. The Morgan fingerprint density at radius 3 is 2.42 bits per heavy atom. The summed E-state index contributed by atoms with van der Waals surface area (Å²) in [5.41, 5.74) is 2.06. The van der Waals surface area contributed by atoms with Crippen LogP contribution in [0.25, 0.3) is 0 Å². The Bertz CT molecular complexity index is 722. The van der Waals surface area contributed by atoms with Crippen molar-refractivity contribution in [3.8, 4) is 5.75 Å². The topological polar surface area (TPSA) is 32.8 Å². The Hall–Kier alpha value is -2.59. The zero-order valence-electron chi connectivity index (χ0n) is 15.1. The van der Waals surface area contributed by atoms with E-state index in [1.807, 2.05) is 65.6 Å². The molecule has 0 unspecified atom stereocenters. The van der Waals surface area contributed by atoms with Gasteiger partial charge in [0.25, 0.3) is 0 Å². The summed E-state index contributed by atoms with van der Waals surface area (Å²) >= 11 is 0. The zero-order chi connectivity index (χ0) is 18.2. The molecular formula is C22H26N2O2. The molecule has 0 bridgehead atoms. The van der Waals surface area contributed by atoms with Crippen LogP contribution in [0.15, 0.2) is 67.3 Å². The Labute approximate surface area is 155 Å². The molecule has 1 fully saturated rings. The van der Waals surface area contributed by atoms with Crippen LogP contribution in [0.2, 0.25) is 0 Å². The molecule has 26 heavy (non-hydrogen) atoms. The molecule has 136 valence electrons. The van der Waals surface area contributed by atoms with Gasteiger partial charge in [0.15, 0.2) is 0 Å². The van der Waals surface area contributed by atoms with E-state index in [-0.39, 0.29) is 5.91 Å². The molecule has 0 atom stereocenters. The quantitative estimate of drug-likeness (QED) is 0.719. The summed E-state index contributed by atoms with van der Waals surface area (Å²) in [5.74, 6) is 0.953. The molecule has 0 aliphatic carbocycles. The van der Waals surface area contributed by atoms with Gasteiger partial charge in [0, 0.05) is 38.3 Å². The van der Waals surface area contributed by atoms with Crippen LogP contribution in [0.5, 0.6) is 5.75 Å². The minimum absolute atomic E-state index is 0.166. The van der Waals surface area contributed by atoms with Crippen molar-refractivity contribution >= 4 is 5.91 Å². The third-order valence-electron chi connectivity index (χ3n) is 4.66. The average molecular weight is 350 g/mol. The maximum atomic E-state index is 12.7. The lowest BCUT2D eigenvalue weighted by atomic mass is 10.1. The fourth-order valence-electron chi connectivity index (χ4n) is 3.16. The number of carbonyl (C=O) groups excluding carboxylic acids is 1. The minimum Gasteiger partial charge on any atom is -0.489 e. The molecule has 3 rings (SSSR count). The summed E-state index contributed by atoms with van der Waals surface area (Å²) in [5, 5.41) is 0. The van der Waals surface area contributed by atoms with Crippen molar-refractivity contribution in [1.82, 2.24) is 9.80 Å². The van der Waals surface area contributed by atoms with Crippen LogP contribution in [0.3, 0.4) is 0 Å². The lowest BCUT2D eigenvalue weighted by molar-refractivity contribution is -0.132. The van der Waals surface area contributed by atoms with Gasteiger partial charge < -0.3 is 9.64 Å². The van der Waals surface area contributed by atoms with Gasteiger partial charge in [-0.2, -0.15) is 0 Å². The molecule has 1 saturated heterocycles. The number of benzene rings is 2. The molecule has 0 saturated carbocycles. The fourth-order valence-corrected chi connectivity index (χ4v) is 3.16. The number of rotatable bonds is 7. The normalized spacial score (nSPS) is 14.8. The summed E-state index contributed by atoms with van der Waals surface area (Å²) in [6.45, 7) is 8.54. The molecule has 4 nitrogen and oxygen atoms in total. The molecule has 4 heteroatoms. The van der Waals surface area contributed by atoms with Crippen LogP contribution in [-0.2, 0) is 17.8 Å². The van der Waals surface area contributed by atoms with E-state index in [2.05, 4.69) is 11.5 Å². The van der Waals surface area contributed by atoms with E-state index in [1.54, 1.807) is 0 Å². The Kier molecular flexibility index (Phi) is 6.45. The first-order valence-corrected chi connectivity index (χ1v) is 9.12. The first-order chi connectivity index (χ1) is 12.8. The molecule has 2 aromatic rings. The van der Waals surface area contributed by atoms with Crippen LogP contribution >= 0.6 is 0 Å². The largest absolute Gasteiger partial charge is 0.489 e. The van der Waals surface area contributed by atoms with E-state index in [0.29, 0.717) is 13.0 Å². The molecule has 0 aromatic heterocycles. The third-order valence-corrected chi connectivity index (χ3v) is 4.66. The molecule has 1 heterocycles. The lowest BCUT2D eigenvalue weighted by Gasteiger charge is -2.34. The van der Waals surface area contributed by atoms with E-state index in [1.165, 1.54) is 0 Å². The van der Waals surface area contributed by atoms with E-state index in [9.17, 15) is 4.79 Å². The highest BCUT2D eigenvalue weighted by molar-refractivity contribution is 5.79. The third kappa shape index (κ3) is 4.96. The lowest BCUT2D eigenvalue weighted by Crippen LogP contribution is -2.49. The second-order valence-electron chi connectivity index (χ2n) is 6.53. The van der Waals surface area contributed by atoms with Crippen molar-refractivity contribution in [2.75, 3.05) is 32.7 Å². The molecule has 1 aliphatic heterocycles. The van der Waals surface area contributed by atoms with Crippen LogP contribution in [-0.4, -0.2) is 48.4 Å². The molecular weight excluding hydrogens is 324 g/mol. The number of para-hydroxylation sites is 1. The number of hydrogen-bond acceptors (Lipinski definition) is 3. The number of nitrogens with zero attached hydrogens (tertiary/aromatic N) is 2. The number of piperazine rings is 1. The van der Waals surface area contributed by atoms with Crippen molar-refractivity contribution in [3.63, 3.8) is 0 Å². The Morgan fingerprint density at radius 2 is 1.69 bits per heavy atom. The van der Waals surface area contributed by atoms with Crippen molar-refractivity contribution < 1.29 is 9.53 Å². The summed E-state index contributed by atoms with van der Waals surface area (Å²) in [6, 6.07) is 17.9. The van der Waals surface area contributed by atoms with Crippen LogP contribution in [0.4, 0.5) is 0 Å². The minimum atomic E-state index is 0.166. The predicted octanol–water partition coefficient (Wildman–Crippen LogP) is 3.14. The van der Waals surface area contributed by atoms with Gasteiger partial charge in [-0.05, 0) is 11.6 Å². The van der Waals surface area contributed by atoms with E-state index in [4.69, 9.17) is 4.74 Å². The van der Waals surface area contributed by atoms with Crippen molar-refractivity contribution in [3.05, 3.63) is 78.4 Å². The maximum absolute atomic E-state index is 12.7. The second kappa shape index (κ2) is 9.20. The smallest absolute Gasteiger partial charge is 0.227 e. The highest BCUT2D eigenvalue weighted by atomic mass is 16.5. The molecule has 1 amide bonds. The zero-order valence-corrected chi connectivity index (χ0v) is 15.1. The van der Waals surface area contributed by atoms with Crippen molar-refractivity contribution in [2.24, 2.45) is 0 Å². The van der Waals surface area contributed by atoms with E-state index < -0.39 is 0 Å². The second-order valence-corrected chi connectivity index (χ2v) is 6.53. The predicted molar refractivity (Wildman–Crippen MR) is 104 cm³/mol. The SMILES string of the molecule is C=CCN1CCN(C(=O)Cc2ccccc2OCc2ccccc2)CC1. The first kappa shape index (κ1) is 18.2. The Morgan fingerprint density at radius 1 is 1.00 bits per heavy atom. The molecule has 2 aromatic carbocycles. The van der Waals surface area contributed by atoms with Gasteiger partial charge in [0.2, 0.25) is 5.91 Å². The number of hydrogen-bond donors (Lipinski definition) is 0. The maximum Gasteiger partial charge on any atom is 0.227 e. The van der Waals surface area contributed by atoms with Gasteiger partial charge in [-0.3, -0.25) is 9.69 Å². The van der Waals surface area contributed by atoms with Crippen LogP contribution < -0.4 is 4.74 Å². The van der Waals surface area contributed by atoms with Gasteiger partial charge in [0.1, 0.15) is 12.4 Å². The van der Waals surface area contributed by atoms with Gasteiger partial charge in [-0.25, -0.2) is 0 Å². The number of carbonyl (C=O) groups is 1. The number of amides is 1. The molecule has 0 spiro atoms. The van der Waals surface area contributed by atoms with Gasteiger partial charge in [-0.1, -0.05) is 54.6 Å². The van der Waals surface area contributed by atoms with Crippen LogP contribution in [0, 0.1) is 0 Å². The molecule has 1 aliphatic rings. The standard InChI is InChI=1S/C22H26N2O2/c1-2-12-23-13-15-24(16-14-23)22(25)17-20-10-6-7-11-21(20)26-18-19-8-4-3-5-9-19/h2-11H,1,12-18H2. The molecule has 0 N–H and O–H groups in total. The van der Waals surface area contributed by atoms with E-state index in [0.717, 1.165) is 49.6 Å². The van der Waals surface area contributed by atoms with Gasteiger partial charge in [0.05, 0.1) is 6.42 Å². The Balaban J connectivity index is 1.57. The van der Waals surface area contributed by atoms with E-state index >= 15 is 0 Å². The van der Waals surface area contributed by atoms with Crippen LogP contribution in [0.1, 0.15) is 11.1 Å². The van der Waals surface area contributed by atoms with Crippen molar-refractivity contribution in [2.45, 2.75) is 13.0 Å². The molecule has 0 radical (unpaired) electrons. The average Bonchev–Trinajstić information content (AvgIpc) is 2.69. The highest BCUT2D eigenvalue weighted by Crippen LogP contribution is 2.21.